The molecule has 0 saturated carbocycles. The van der Waals surface area contributed by atoms with E-state index in [-0.39, 0.29) is 12.0 Å². The Hall–Kier alpha value is -2.40. The van der Waals surface area contributed by atoms with Gasteiger partial charge in [-0.05, 0) is 37.1 Å². The molecule has 1 amide bonds. The molecule has 2 heterocycles. The number of hydrogen-bond donors (Lipinski definition) is 0. The molecule has 0 N–H and O–H groups in total. The van der Waals surface area contributed by atoms with Gasteiger partial charge in [-0.2, -0.15) is 0 Å². The smallest absolute Gasteiger partial charge is 0.276 e. The lowest BCUT2D eigenvalue weighted by Gasteiger charge is -2.33. The summed E-state index contributed by atoms with van der Waals surface area (Å²) >= 11 is 0. The molecular formula is C19H22N2O3. The number of amides is 1. The average molecular weight is 326 g/mol. The van der Waals surface area contributed by atoms with Crippen LogP contribution in [0.15, 0.2) is 42.6 Å². The standard InChI is InChI=1S/C19H22N2O3/c1-3-23-16-9-6-10-20-18(16)19(22)21-11-12-24-17(13-21)15-8-5-4-7-14(15)2/h4-10,17H,3,11-13H2,1-2H3/t17-/m0/s1. The fourth-order valence-electron chi connectivity index (χ4n) is 2.94. The van der Waals surface area contributed by atoms with Crippen molar-refractivity contribution in [1.29, 1.82) is 0 Å². The van der Waals surface area contributed by atoms with Crippen molar-refractivity contribution in [3.05, 3.63) is 59.4 Å². The molecule has 5 nitrogen and oxygen atoms in total. The summed E-state index contributed by atoms with van der Waals surface area (Å²) in [4.78, 5) is 18.9. The Morgan fingerprint density at radius 3 is 2.96 bits per heavy atom. The molecule has 1 fully saturated rings. The lowest BCUT2D eigenvalue weighted by atomic mass is 10.0. The Kier molecular flexibility index (Phi) is 5.11. The minimum absolute atomic E-state index is 0.108. The Morgan fingerprint density at radius 2 is 2.17 bits per heavy atom. The number of rotatable bonds is 4. The Labute approximate surface area is 142 Å². The van der Waals surface area contributed by atoms with Crippen LogP contribution in [0.5, 0.6) is 5.75 Å². The predicted octanol–water partition coefficient (Wildman–Crippen LogP) is 3.00. The fraction of sp³-hybridized carbons (Fsp3) is 0.368. The number of hydrogen-bond acceptors (Lipinski definition) is 4. The van der Waals surface area contributed by atoms with E-state index in [1.807, 2.05) is 19.1 Å². The monoisotopic (exact) mass is 326 g/mol. The summed E-state index contributed by atoms with van der Waals surface area (Å²) in [5.74, 6) is 0.421. The van der Waals surface area contributed by atoms with Gasteiger partial charge in [-0.3, -0.25) is 4.79 Å². The Morgan fingerprint density at radius 1 is 1.33 bits per heavy atom. The van der Waals surface area contributed by atoms with Crippen LogP contribution in [-0.2, 0) is 4.74 Å². The van der Waals surface area contributed by atoms with E-state index < -0.39 is 0 Å². The maximum atomic E-state index is 12.9. The zero-order chi connectivity index (χ0) is 16.9. The van der Waals surface area contributed by atoms with Crippen molar-refractivity contribution in [2.24, 2.45) is 0 Å². The van der Waals surface area contributed by atoms with Gasteiger partial charge in [0.05, 0.1) is 19.8 Å². The molecule has 0 bridgehead atoms. The molecule has 1 aliphatic rings. The minimum Gasteiger partial charge on any atom is -0.491 e. The van der Waals surface area contributed by atoms with Crippen molar-refractivity contribution < 1.29 is 14.3 Å². The molecule has 24 heavy (non-hydrogen) atoms. The van der Waals surface area contributed by atoms with Crippen LogP contribution in [0.4, 0.5) is 0 Å². The number of carbonyl (C=O) groups excluding carboxylic acids is 1. The number of ether oxygens (including phenoxy) is 2. The lowest BCUT2D eigenvalue weighted by Crippen LogP contribution is -2.42. The summed E-state index contributed by atoms with van der Waals surface area (Å²) < 4.78 is 11.4. The molecule has 0 unspecified atom stereocenters. The summed E-state index contributed by atoms with van der Waals surface area (Å²) in [7, 11) is 0. The molecule has 5 heteroatoms. The predicted molar refractivity (Wildman–Crippen MR) is 91.2 cm³/mol. The van der Waals surface area contributed by atoms with Gasteiger partial charge in [0.25, 0.3) is 5.91 Å². The van der Waals surface area contributed by atoms with Gasteiger partial charge in [0.15, 0.2) is 11.4 Å². The van der Waals surface area contributed by atoms with Crippen LogP contribution >= 0.6 is 0 Å². The largest absolute Gasteiger partial charge is 0.491 e. The molecule has 1 aromatic heterocycles. The van der Waals surface area contributed by atoms with Gasteiger partial charge < -0.3 is 14.4 Å². The number of pyridine rings is 1. The maximum Gasteiger partial charge on any atom is 0.276 e. The highest BCUT2D eigenvalue weighted by molar-refractivity contribution is 5.95. The van der Waals surface area contributed by atoms with Crippen LogP contribution in [0.25, 0.3) is 0 Å². The molecule has 1 atom stereocenters. The summed E-state index contributed by atoms with van der Waals surface area (Å²) in [6.07, 6.45) is 1.51. The molecule has 2 aromatic rings. The fourth-order valence-corrected chi connectivity index (χ4v) is 2.94. The summed E-state index contributed by atoms with van der Waals surface area (Å²) in [5.41, 5.74) is 2.66. The molecule has 1 aromatic carbocycles. The van der Waals surface area contributed by atoms with Gasteiger partial charge >= 0.3 is 0 Å². The van der Waals surface area contributed by atoms with Crippen molar-refractivity contribution in [2.75, 3.05) is 26.3 Å². The molecule has 3 rings (SSSR count). The Bertz CT molecular complexity index is 717. The van der Waals surface area contributed by atoms with Crippen molar-refractivity contribution in [2.45, 2.75) is 20.0 Å². The van der Waals surface area contributed by atoms with E-state index in [1.54, 1.807) is 23.2 Å². The van der Waals surface area contributed by atoms with Crippen molar-refractivity contribution in [1.82, 2.24) is 9.88 Å². The topological polar surface area (TPSA) is 51.7 Å². The average Bonchev–Trinajstić information content (AvgIpc) is 2.62. The number of morpholine rings is 1. The highest BCUT2D eigenvalue weighted by atomic mass is 16.5. The van der Waals surface area contributed by atoms with Crippen LogP contribution in [0.3, 0.4) is 0 Å². The number of aryl methyl sites for hydroxylation is 1. The first-order chi connectivity index (χ1) is 11.7. The SMILES string of the molecule is CCOc1cccnc1C(=O)N1CCO[C@H](c2ccccc2C)C1. The first kappa shape index (κ1) is 16.5. The van der Waals surface area contributed by atoms with Crippen LogP contribution in [-0.4, -0.2) is 42.1 Å². The second kappa shape index (κ2) is 7.45. The van der Waals surface area contributed by atoms with Crippen molar-refractivity contribution in [3.8, 4) is 5.75 Å². The summed E-state index contributed by atoms with van der Waals surface area (Å²) in [5, 5.41) is 0. The van der Waals surface area contributed by atoms with Gasteiger partial charge in [-0.15, -0.1) is 0 Å². The maximum absolute atomic E-state index is 12.9. The summed E-state index contributed by atoms with van der Waals surface area (Å²) in [6, 6.07) is 11.7. The van der Waals surface area contributed by atoms with Gasteiger partial charge in [0, 0.05) is 12.7 Å². The molecule has 1 aliphatic heterocycles. The normalized spacial score (nSPS) is 17.6. The van der Waals surface area contributed by atoms with Crippen LogP contribution in [0.1, 0.15) is 34.6 Å². The van der Waals surface area contributed by atoms with Crippen molar-refractivity contribution in [3.63, 3.8) is 0 Å². The van der Waals surface area contributed by atoms with E-state index in [0.717, 1.165) is 5.56 Å². The van der Waals surface area contributed by atoms with Gasteiger partial charge in [-0.25, -0.2) is 4.98 Å². The third kappa shape index (κ3) is 3.41. The van der Waals surface area contributed by atoms with E-state index in [1.165, 1.54) is 5.56 Å². The highest BCUT2D eigenvalue weighted by Gasteiger charge is 2.29. The van der Waals surface area contributed by atoms with Crippen LogP contribution in [0, 0.1) is 6.92 Å². The van der Waals surface area contributed by atoms with E-state index >= 15 is 0 Å². The van der Waals surface area contributed by atoms with Crippen molar-refractivity contribution >= 4 is 5.91 Å². The second-order valence-corrected chi connectivity index (χ2v) is 5.75. The highest BCUT2D eigenvalue weighted by Crippen LogP contribution is 2.26. The summed E-state index contributed by atoms with van der Waals surface area (Å²) in [6.45, 7) is 6.05. The van der Waals surface area contributed by atoms with E-state index in [0.29, 0.717) is 37.7 Å². The molecule has 0 spiro atoms. The molecular weight excluding hydrogens is 304 g/mol. The number of carbonyl (C=O) groups is 1. The second-order valence-electron chi connectivity index (χ2n) is 5.75. The third-order valence-electron chi connectivity index (χ3n) is 4.16. The first-order valence-electron chi connectivity index (χ1n) is 8.25. The number of nitrogens with zero attached hydrogens (tertiary/aromatic N) is 2. The van der Waals surface area contributed by atoms with Crippen LogP contribution in [0.2, 0.25) is 0 Å². The van der Waals surface area contributed by atoms with E-state index in [2.05, 4.69) is 24.0 Å². The van der Waals surface area contributed by atoms with E-state index in [9.17, 15) is 4.79 Å². The molecule has 0 aliphatic carbocycles. The minimum atomic E-state index is -0.110. The van der Waals surface area contributed by atoms with Gasteiger partial charge in [-0.1, -0.05) is 24.3 Å². The molecule has 1 saturated heterocycles. The van der Waals surface area contributed by atoms with E-state index in [4.69, 9.17) is 9.47 Å². The number of aromatic nitrogens is 1. The zero-order valence-electron chi connectivity index (χ0n) is 14.1. The first-order valence-corrected chi connectivity index (χ1v) is 8.25. The lowest BCUT2D eigenvalue weighted by molar-refractivity contribution is -0.0234. The molecule has 126 valence electrons. The van der Waals surface area contributed by atoms with Crippen LogP contribution < -0.4 is 4.74 Å². The molecule has 0 radical (unpaired) electrons. The Balaban J connectivity index is 1.80. The third-order valence-corrected chi connectivity index (χ3v) is 4.16. The number of benzene rings is 1. The van der Waals surface area contributed by atoms with Gasteiger partial charge in [0.2, 0.25) is 0 Å². The quantitative estimate of drug-likeness (QED) is 0.867. The zero-order valence-corrected chi connectivity index (χ0v) is 14.1. The van der Waals surface area contributed by atoms with Gasteiger partial charge in [0.1, 0.15) is 6.10 Å².